The van der Waals surface area contributed by atoms with Gasteiger partial charge in [-0.1, -0.05) is 45.1 Å². The van der Waals surface area contributed by atoms with Crippen molar-refractivity contribution in [3.63, 3.8) is 0 Å². The lowest BCUT2D eigenvalue weighted by Crippen LogP contribution is -2.41. The van der Waals surface area contributed by atoms with Crippen LogP contribution in [0.5, 0.6) is 5.75 Å². The SMILES string of the molecule is COCO[C@@H](C[C@@H](C)OCc1ccc(OC)cc1)[C@H](O)[C@@H](O)/C=C/CCO[Si](C)(C)C(C)(C)C. The molecule has 0 aromatic heterocycles. The highest BCUT2D eigenvalue weighted by Gasteiger charge is 2.36. The van der Waals surface area contributed by atoms with Gasteiger partial charge < -0.3 is 33.6 Å². The van der Waals surface area contributed by atoms with Gasteiger partial charge in [0.15, 0.2) is 8.32 Å². The molecule has 0 aliphatic carbocycles. The van der Waals surface area contributed by atoms with E-state index < -0.39 is 26.6 Å². The zero-order chi connectivity index (χ0) is 25.8. The van der Waals surface area contributed by atoms with Crippen LogP contribution in [0.3, 0.4) is 0 Å². The Hall–Kier alpha value is -1.26. The second-order valence-corrected chi connectivity index (χ2v) is 14.9. The van der Waals surface area contributed by atoms with Crippen molar-refractivity contribution in [1.82, 2.24) is 0 Å². The lowest BCUT2D eigenvalue weighted by molar-refractivity contribution is -0.144. The normalized spacial score (nSPS) is 16.4. The first-order valence-corrected chi connectivity index (χ1v) is 14.8. The number of methoxy groups -OCH3 is 2. The van der Waals surface area contributed by atoms with Gasteiger partial charge in [-0.3, -0.25) is 0 Å². The van der Waals surface area contributed by atoms with E-state index in [9.17, 15) is 10.2 Å². The number of hydrogen-bond donors (Lipinski definition) is 2. The van der Waals surface area contributed by atoms with E-state index in [-0.39, 0.29) is 17.9 Å². The summed E-state index contributed by atoms with van der Waals surface area (Å²) in [5.41, 5.74) is 1.02. The Morgan fingerprint density at radius 1 is 1.03 bits per heavy atom. The van der Waals surface area contributed by atoms with Crippen molar-refractivity contribution >= 4 is 8.32 Å². The number of aliphatic hydroxyl groups excluding tert-OH is 2. The Balaban J connectivity index is 2.56. The molecule has 8 heteroatoms. The van der Waals surface area contributed by atoms with Crippen LogP contribution in [0, 0.1) is 0 Å². The average Bonchev–Trinajstić information content (AvgIpc) is 2.79. The summed E-state index contributed by atoms with van der Waals surface area (Å²) in [7, 11) is 1.36. The van der Waals surface area contributed by atoms with E-state index in [4.69, 9.17) is 23.4 Å². The summed E-state index contributed by atoms with van der Waals surface area (Å²) in [5.74, 6) is 0.793. The molecule has 0 bridgehead atoms. The van der Waals surface area contributed by atoms with Crippen LogP contribution in [0.2, 0.25) is 18.1 Å². The van der Waals surface area contributed by atoms with Crippen LogP contribution in [0.1, 0.15) is 46.1 Å². The quantitative estimate of drug-likeness (QED) is 0.148. The Labute approximate surface area is 207 Å². The van der Waals surface area contributed by atoms with E-state index in [1.165, 1.54) is 7.11 Å². The third-order valence-corrected chi connectivity index (χ3v) is 10.8. The molecular formula is C26H46O7Si. The van der Waals surface area contributed by atoms with Crippen LogP contribution >= 0.6 is 0 Å². The summed E-state index contributed by atoms with van der Waals surface area (Å²) in [4.78, 5) is 0. The third-order valence-electron chi connectivity index (χ3n) is 6.28. The summed E-state index contributed by atoms with van der Waals surface area (Å²) in [5, 5.41) is 21.4. The molecule has 0 amide bonds. The first-order valence-electron chi connectivity index (χ1n) is 11.9. The fourth-order valence-electron chi connectivity index (χ4n) is 2.98. The molecule has 0 fully saturated rings. The van der Waals surface area contributed by atoms with Gasteiger partial charge in [0, 0.05) is 20.1 Å². The van der Waals surface area contributed by atoms with Gasteiger partial charge in [-0.2, -0.15) is 0 Å². The van der Waals surface area contributed by atoms with Crippen molar-refractivity contribution in [2.75, 3.05) is 27.6 Å². The van der Waals surface area contributed by atoms with Crippen molar-refractivity contribution in [3.8, 4) is 5.75 Å². The number of rotatable bonds is 16. The molecule has 1 aromatic rings. The summed E-state index contributed by atoms with van der Waals surface area (Å²) >= 11 is 0. The van der Waals surface area contributed by atoms with E-state index in [2.05, 4.69) is 33.9 Å². The largest absolute Gasteiger partial charge is 0.497 e. The molecule has 0 spiro atoms. The van der Waals surface area contributed by atoms with Crippen LogP contribution in [0.25, 0.3) is 0 Å². The van der Waals surface area contributed by atoms with Crippen molar-refractivity contribution in [3.05, 3.63) is 42.0 Å². The maximum absolute atomic E-state index is 10.7. The number of benzene rings is 1. The fraction of sp³-hybridized carbons (Fsp3) is 0.692. The maximum Gasteiger partial charge on any atom is 0.191 e. The number of hydrogen-bond acceptors (Lipinski definition) is 7. The van der Waals surface area contributed by atoms with Gasteiger partial charge in [0.25, 0.3) is 0 Å². The van der Waals surface area contributed by atoms with E-state index in [1.807, 2.05) is 37.3 Å². The molecule has 4 atom stereocenters. The highest BCUT2D eigenvalue weighted by Crippen LogP contribution is 2.36. The fourth-order valence-corrected chi connectivity index (χ4v) is 4.05. The van der Waals surface area contributed by atoms with Crippen LogP contribution in [-0.4, -0.2) is 70.6 Å². The van der Waals surface area contributed by atoms with Gasteiger partial charge in [-0.25, -0.2) is 0 Å². The summed E-state index contributed by atoms with van der Waals surface area (Å²) in [6.45, 7) is 14.0. The minimum Gasteiger partial charge on any atom is -0.497 e. The molecule has 0 radical (unpaired) electrons. The van der Waals surface area contributed by atoms with Gasteiger partial charge >= 0.3 is 0 Å². The van der Waals surface area contributed by atoms with Gasteiger partial charge in [-0.15, -0.1) is 0 Å². The van der Waals surface area contributed by atoms with Gasteiger partial charge in [0.1, 0.15) is 24.8 Å². The lowest BCUT2D eigenvalue weighted by atomic mass is 10.0. The highest BCUT2D eigenvalue weighted by molar-refractivity contribution is 6.74. The average molecular weight is 499 g/mol. The van der Waals surface area contributed by atoms with Crippen molar-refractivity contribution < 1.29 is 33.6 Å². The Morgan fingerprint density at radius 3 is 2.24 bits per heavy atom. The van der Waals surface area contributed by atoms with E-state index >= 15 is 0 Å². The molecule has 196 valence electrons. The zero-order valence-electron chi connectivity index (χ0n) is 22.2. The summed E-state index contributed by atoms with van der Waals surface area (Å²) in [6, 6.07) is 7.67. The smallest absolute Gasteiger partial charge is 0.191 e. The second kappa shape index (κ2) is 15.0. The monoisotopic (exact) mass is 498 g/mol. The van der Waals surface area contributed by atoms with Gasteiger partial charge in [0.05, 0.1) is 25.9 Å². The molecule has 0 saturated heterocycles. The zero-order valence-corrected chi connectivity index (χ0v) is 23.2. The van der Waals surface area contributed by atoms with Crippen LogP contribution in [0.15, 0.2) is 36.4 Å². The molecule has 0 heterocycles. The van der Waals surface area contributed by atoms with E-state index in [0.29, 0.717) is 26.1 Å². The van der Waals surface area contributed by atoms with Crippen LogP contribution in [-0.2, 0) is 25.2 Å². The molecule has 2 N–H and O–H groups in total. The van der Waals surface area contributed by atoms with Crippen LogP contribution in [0.4, 0.5) is 0 Å². The second-order valence-electron chi connectivity index (χ2n) is 10.1. The minimum atomic E-state index is -1.79. The first-order chi connectivity index (χ1) is 15.9. The molecular weight excluding hydrogens is 452 g/mol. The molecule has 1 aromatic carbocycles. The third kappa shape index (κ3) is 11.0. The minimum absolute atomic E-state index is 0.0176. The Bertz CT molecular complexity index is 700. The molecule has 34 heavy (non-hydrogen) atoms. The van der Waals surface area contributed by atoms with Crippen molar-refractivity contribution in [2.45, 2.75) is 89.7 Å². The predicted molar refractivity (Wildman–Crippen MR) is 138 cm³/mol. The summed E-state index contributed by atoms with van der Waals surface area (Å²) in [6.07, 6.45) is 1.50. The Morgan fingerprint density at radius 2 is 1.68 bits per heavy atom. The summed E-state index contributed by atoms with van der Waals surface area (Å²) < 4.78 is 27.9. The van der Waals surface area contributed by atoms with Crippen molar-refractivity contribution in [2.24, 2.45) is 0 Å². The molecule has 7 nitrogen and oxygen atoms in total. The molecule has 0 unspecified atom stereocenters. The van der Waals surface area contributed by atoms with Gasteiger partial charge in [0.2, 0.25) is 0 Å². The first kappa shape index (κ1) is 30.8. The molecule has 0 saturated carbocycles. The molecule has 1 rings (SSSR count). The predicted octanol–water partition coefficient (Wildman–Crippen LogP) is 4.67. The number of ether oxygens (including phenoxy) is 4. The van der Waals surface area contributed by atoms with Crippen molar-refractivity contribution in [1.29, 1.82) is 0 Å². The molecule has 0 aliphatic rings. The lowest BCUT2D eigenvalue weighted by Gasteiger charge is -2.36. The van der Waals surface area contributed by atoms with E-state index in [1.54, 1.807) is 13.2 Å². The number of aliphatic hydroxyl groups is 2. The van der Waals surface area contributed by atoms with Gasteiger partial charge in [-0.05, 0) is 49.2 Å². The standard InChI is InChI=1S/C26H46O7Si/c1-20(31-18-21-12-14-22(30-6)15-13-21)17-24(32-19-29-5)25(28)23(27)11-9-10-16-33-34(7,8)26(2,3)4/h9,11-15,20,23-25,27-28H,10,16-19H2,1-8H3/b11-9+/t20-,23+,24+,25-/m1/s1. The van der Waals surface area contributed by atoms with E-state index in [0.717, 1.165) is 11.3 Å². The highest BCUT2D eigenvalue weighted by atomic mass is 28.4. The van der Waals surface area contributed by atoms with Crippen LogP contribution < -0.4 is 4.74 Å². The maximum atomic E-state index is 10.7. The topological polar surface area (TPSA) is 86.6 Å². The molecule has 0 aliphatic heterocycles. The Kier molecular flexibility index (Phi) is 13.6.